The monoisotopic (exact) mass is 579 g/mol. The van der Waals surface area contributed by atoms with Crippen molar-refractivity contribution in [3.05, 3.63) is 0 Å². The summed E-state index contributed by atoms with van der Waals surface area (Å²) in [7, 11) is 1.17. The van der Waals surface area contributed by atoms with E-state index in [-0.39, 0.29) is 38.8 Å². The molecular formula is C24H43N4O12. The van der Waals surface area contributed by atoms with Crippen molar-refractivity contribution in [2.75, 3.05) is 20.2 Å². The number of hydrogen-bond donors (Lipinski definition) is 8. The van der Waals surface area contributed by atoms with Crippen LogP contribution in [0.5, 0.6) is 0 Å². The molecule has 0 heterocycles. The highest BCUT2D eigenvalue weighted by molar-refractivity contribution is 5.89. The first-order valence-corrected chi connectivity index (χ1v) is 12.8. The molecule has 0 aliphatic rings. The Balaban J connectivity index is 5.12. The maximum atomic E-state index is 13.0. The first-order chi connectivity index (χ1) is 18.5. The van der Waals surface area contributed by atoms with Crippen LogP contribution in [0.15, 0.2) is 0 Å². The van der Waals surface area contributed by atoms with Crippen molar-refractivity contribution < 1.29 is 59.0 Å². The summed E-state index contributed by atoms with van der Waals surface area (Å²) in [5.74, 6) is -4.36. The van der Waals surface area contributed by atoms with E-state index in [1.165, 1.54) is 7.11 Å². The molecule has 0 fully saturated rings. The number of alkyl carbamates (subject to hydrolysis) is 1. The summed E-state index contributed by atoms with van der Waals surface area (Å²) in [6.07, 6.45) is -8.38. The van der Waals surface area contributed by atoms with E-state index in [9.17, 15) is 44.4 Å². The van der Waals surface area contributed by atoms with E-state index in [1.807, 2.05) is 0 Å². The predicted octanol–water partition coefficient (Wildman–Crippen LogP) is -2.19. The highest BCUT2D eigenvalue weighted by atomic mass is 16.6. The topological polar surface area (TPSA) is 265 Å². The molecular weight excluding hydrogens is 536 g/mol. The van der Waals surface area contributed by atoms with Crippen LogP contribution in [0.25, 0.3) is 0 Å². The molecule has 16 heteroatoms. The molecule has 0 bridgehead atoms. The molecule has 3 amide bonds. The molecule has 0 aliphatic heterocycles. The number of ether oxygens (including phenoxy) is 2. The van der Waals surface area contributed by atoms with Crippen molar-refractivity contribution >= 4 is 29.8 Å². The molecule has 0 aromatic heterocycles. The molecule has 0 rings (SSSR count). The number of aliphatic hydroxyl groups excluding tert-OH is 4. The first-order valence-electron chi connectivity index (χ1n) is 12.8. The van der Waals surface area contributed by atoms with Crippen molar-refractivity contribution in [1.29, 1.82) is 0 Å². The Morgan fingerprint density at radius 3 is 1.88 bits per heavy atom. The van der Waals surface area contributed by atoms with Gasteiger partial charge in [-0.3, -0.25) is 15.3 Å². The van der Waals surface area contributed by atoms with Crippen molar-refractivity contribution in [1.82, 2.24) is 21.7 Å². The Morgan fingerprint density at radius 2 is 1.35 bits per heavy atom. The zero-order chi connectivity index (χ0) is 31.0. The third kappa shape index (κ3) is 14.4. The Hall–Kier alpha value is -3.05. The van der Waals surface area contributed by atoms with Gasteiger partial charge in [-0.15, -0.1) is 0 Å². The van der Waals surface area contributed by atoms with E-state index in [0.717, 1.165) is 0 Å². The summed E-state index contributed by atoms with van der Waals surface area (Å²) in [6, 6.07) is -2.12. The molecule has 231 valence electrons. The van der Waals surface area contributed by atoms with Gasteiger partial charge in [0.1, 0.15) is 29.9 Å². The second kappa shape index (κ2) is 18.3. The van der Waals surface area contributed by atoms with Gasteiger partial charge in [-0.05, 0) is 59.3 Å². The molecule has 0 aliphatic carbocycles. The minimum absolute atomic E-state index is 0.0518. The number of methoxy groups -OCH3 is 1. The highest BCUT2D eigenvalue weighted by Gasteiger charge is 2.37. The zero-order valence-electron chi connectivity index (χ0n) is 23.2. The maximum absolute atomic E-state index is 13.0. The molecule has 0 aromatic carbocycles. The lowest BCUT2D eigenvalue weighted by Gasteiger charge is -2.25. The van der Waals surface area contributed by atoms with Crippen molar-refractivity contribution in [3.63, 3.8) is 0 Å². The number of esters is 1. The molecule has 16 nitrogen and oxygen atoms in total. The average Bonchev–Trinajstić information content (AvgIpc) is 2.87. The average molecular weight is 580 g/mol. The summed E-state index contributed by atoms with van der Waals surface area (Å²) in [4.78, 5) is 60.1. The smallest absolute Gasteiger partial charge is 0.408 e. The number of unbranched alkanes of at least 4 members (excludes halogenated alkanes) is 2. The van der Waals surface area contributed by atoms with Crippen LogP contribution in [0.2, 0.25) is 0 Å². The van der Waals surface area contributed by atoms with E-state index in [4.69, 9.17) is 20.3 Å². The summed E-state index contributed by atoms with van der Waals surface area (Å²) >= 11 is 0. The van der Waals surface area contributed by atoms with Crippen LogP contribution in [0.1, 0.15) is 59.3 Å². The van der Waals surface area contributed by atoms with Gasteiger partial charge in [-0.2, -0.15) is 0 Å². The van der Waals surface area contributed by atoms with Crippen LogP contribution in [-0.4, -0.2) is 118 Å². The molecule has 6 atom stereocenters. The molecule has 5 unspecified atom stereocenters. The van der Waals surface area contributed by atoms with Gasteiger partial charge in [0, 0.05) is 13.1 Å². The van der Waals surface area contributed by atoms with E-state index >= 15 is 0 Å². The zero-order valence-corrected chi connectivity index (χ0v) is 23.2. The Morgan fingerprint density at radius 1 is 0.800 bits per heavy atom. The van der Waals surface area contributed by atoms with E-state index in [0.29, 0.717) is 12.8 Å². The molecule has 0 saturated heterocycles. The van der Waals surface area contributed by atoms with Gasteiger partial charge >= 0.3 is 18.0 Å². The lowest BCUT2D eigenvalue weighted by atomic mass is 10.0. The quantitative estimate of drug-likeness (QED) is 0.0635. The van der Waals surface area contributed by atoms with Gasteiger partial charge in [0.05, 0.1) is 7.11 Å². The summed E-state index contributed by atoms with van der Waals surface area (Å²) in [5.41, 5.74) is 6.38. The number of amides is 3. The molecule has 0 saturated carbocycles. The van der Waals surface area contributed by atoms with Crippen LogP contribution in [0.4, 0.5) is 4.79 Å². The number of carboxylic acid groups (broad SMARTS) is 1. The molecule has 0 spiro atoms. The number of carbonyl (C=O) groups excluding carboxylic acids is 4. The number of aliphatic hydroxyl groups is 4. The van der Waals surface area contributed by atoms with Crippen molar-refractivity contribution in [2.24, 2.45) is 0 Å². The summed E-state index contributed by atoms with van der Waals surface area (Å²) in [5, 5.41) is 54.3. The number of carbonyl (C=O) groups is 5. The molecule has 1 radical (unpaired) electrons. The maximum Gasteiger partial charge on any atom is 0.408 e. The predicted molar refractivity (Wildman–Crippen MR) is 137 cm³/mol. The number of carboxylic acids is 1. The first kappa shape index (κ1) is 36.9. The number of rotatable bonds is 18. The van der Waals surface area contributed by atoms with E-state index < -0.39 is 71.9 Å². The SMILES string of the molecule is COC(=O)C(CCCC[NH])NC(=O)[C@@H](CCCCNC(=O)C(O)C(O)C(O)C(O)C(=O)O)NC(=O)OC(C)(C)C. The number of aliphatic carboxylic acids is 1. The highest BCUT2D eigenvalue weighted by Crippen LogP contribution is 2.10. The lowest BCUT2D eigenvalue weighted by molar-refractivity contribution is -0.166. The fourth-order valence-corrected chi connectivity index (χ4v) is 3.32. The Bertz CT molecular complexity index is 835. The van der Waals surface area contributed by atoms with E-state index in [1.54, 1.807) is 20.8 Å². The van der Waals surface area contributed by atoms with Crippen molar-refractivity contribution in [2.45, 2.75) is 101 Å². The largest absolute Gasteiger partial charge is 0.479 e. The molecule has 0 aromatic rings. The Labute approximate surface area is 232 Å². The summed E-state index contributed by atoms with van der Waals surface area (Å²) < 4.78 is 9.94. The fourth-order valence-electron chi connectivity index (χ4n) is 3.32. The van der Waals surface area contributed by atoms with Gasteiger partial charge in [-0.25, -0.2) is 14.4 Å². The van der Waals surface area contributed by atoms with Gasteiger partial charge in [0.25, 0.3) is 5.91 Å². The van der Waals surface area contributed by atoms with Gasteiger partial charge in [-0.1, -0.05) is 0 Å². The van der Waals surface area contributed by atoms with E-state index in [2.05, 4.69) is 16.0 Å². The van der Waals surface area contributed by atoms with Gasteiger partial charge in [0.15, 0.2) is 12.2 Å². The third-order valence-corrected chi connectivity index (χ3v) is 5.47. The molecule has 9 N–H and O–H groups in total. The number of nitrogens with one attached hydrogen (secondary N) is 4. The normalized spacial score (nSPS) is 15.9. The standard InChI is InChI=1S/C24H43N4O12/c1-24(2,3)40-23(38)28-13(19(33)27-14(22(37)39-4)10-5-7-11-25)9-6-8-12-26-20(34)17(31)15(29)16(30)18(32)21(35)36/h13-18,25,29-32H,5-12H2,1-4H3,(H,26,34)(H,27,33)(H,28,38)(H,35,36)/t13-,14?,15?,16?,17?,18?/m1/s1. The van der Waals surface area contributed by atoms with Crippen LogP contribution in [0.3, 0.4) is 0 Å². The van der Waals surface area contributed by atoms with Crippen LogP contribution >= 0.6 is 0 Å². The van der Waals surface area contributed by atoms with Crippen molar-refractivity contribution in [3.8, 4) is 0 Å². The van der Waals surface area contributed by atoms with Crippen LogP contribution in [0, 0.1) is 0 Å². The second-order valence-corrected chi connectivity index (χ2v) is 10.0. The fraction of sp³-hybridized carbons (Fsp3) is 0.792. The number of hydrogen-bond acceptors (Lipinski definition) is 11. The second-order valence-electron chi connectivity index (χ2n) is 10.0. The minimum atomic E-state index is -2.42. The summed E-state index contributed by atoms with van der Waals surface area (Å²) in [6.45, 7) is 4.99. The van der Waals surface area contributed by atoms with Crippen LogP contribution < -0.4 is 21.7 Å². The minimum Gasteiger partial charge on any atom is -0.479 e. The molecule has 40 heavy (non-hydrogen) atoms. The third-order valence-electron chi connectivity index (χ3n) is 5.47. The lowest BCUT2D eigenvalue weighted by Crippen LogP contribution is -2.53. The van der Waals surface area contributed by atoms with Gasteiger partial charge in [0.2, 0.25) is 5.91 Å². The Kier molecular flexibility index (Phi) is 16.9. The van der Waals surface area contributed by atoms with Gasteiger partial charge < -0.3 is 51.0 Å². The van der Waals surface area contributed by atoms with Crippen LogP contribution in [-0.2, 0) is 28.7 Å².